The molecule has 0 amide bonds. The van der Waals surface area contributed by atoms with Gasteiger partial charge in [-0.3, -0.25) is 4.98 Å². The third kappa shape index (κ3) is 2.90. The lowest BCUT2D eigenvalue weighted by Crippen LogP contribution is -1.99. The van der Waals surface area contributed by atoms with Crippen LogP contribution in [0.15, 0.2) is 48.7 Å². The van der Waals surface area contributed by atoms with Crippen LogP contribution in [0.25, 0.3) is 10.9 Å². The second kappa shape index (κ2) is 5.58. The zero-order chi connectivity index (χ0) is 14.8. The number of nitrogens with zero attached hydrogens (tertiary/aromatic N) is 1. The van der Waals surface area contributed by atoms with E-state index in [2.05, 4.69) is 4.98 Å². The molecule has 2 N–H and O–H groups in total. The predicted octanol–water partition coefficient (Wildman–Crippen LogP) is 4.19. The Kier molecular flexibility index (Phi) is 3.62. The summed E-state index contributed by atoms with van der Waals surface area (Å²) in [6.45, 7) is 0.204. The van der Waals surface area contributed by atoms with E-state index in [0.29, 0.717) is 27.5 Å². The summed E-state index contributed by atoms with van der Waals surface area (Å²) >= 11 is 6.13. The second-order valence-electron chi connectivity index (χ2n) is 4.63. The number of halogens is 2. The van der Waals surface area contributed by atoms with E-state index in [1.54, 1.807) is 24.4 Å². The van der Waals surface area contributed by atoms with E-state index in [-0.39, 0.29) is 12.4 Å². The van der Waals surface area contributed by atoms with Crippen LogP contribution in [0, 0.1) is 5.82 Å². The first-order valence-corrected chi connectivity index (χ1v) is 6.72. The summed E-state index contributed by atoms with van der Waals surface area (Å²) in [5.41, 5.74) is 7.32. The molecule has 1 heterocycles. The molecule has 0 atom stereocenters. The third-order valence-corrected chi connectivity index (χ3v) is 3.38. The van der Waals surface area contributed by atoms with E-state index in [9.17, 15) is 4.39 Å². The number of aromatic nitrogens is 1. The van der Waals surface area contributed by atoms with Crippen LogP contribution in [0.4, 0.5) is 10.1 Å². The molecule has 0 aliphatic rings. The van der Waals surface area contributed by atoms with Crippen molar-refractivity contribution in [3.8, 4) is 5.75 Å². The predicted molar refractivity (Wildman–Crippen MR) is 81.9 cm³/mol. The maximum Gasteiger partial charge on any atom is 0.146 e. The molecule has 3 rings (SSSR count). The van der Waals surface area contributed by atoms with Gasteiger partial charge >= 0.3 is 0 Å². The van der Waals surface area contributed by atoms with Gasteiger partial charge in [0.05, 0.1) is 5.02 Å². The highest BCUT2D eigenvalue weighted by Gasteiger charge is 2.07. The normalized spacial score (nSPS) is 10.8. The van der Waals surface area contributed by atoms with E-state index in [4.69, 9.17) is 22.1 Å². The molecule has 0 saturated heterocycles. The fourth-order valence-corrected chi connectivity index (χ4v) is 2.36. The van der Waals surface area contributed by atoms with Gasteiger partial charge in [0.15, 0.2) is 0 Å². The number of rotatable bonds is 3. The number of hydrogen-bond acceptors (Lipinski definition) is 3. The van der Waals surface area contributed by atoms with Gasteiger partial charge in [-0.05, 0) is 48.0 Å². The molecule has 0 spiro atoms. The van der Waals surface area contributed by atoms with Gasteiger partial charge in [-0.2, -0.15) is 0 Å². The number of hydrogen-bond donors (Lipinski definition) is 1. The van der Waals surface area contributed by atoms with Gasteiger partial charge in [0.25, 0.3) is 0 Å². The Morgan fingerprint density at radius 3 is 2.86 bits per heavy atom. The van der Waals surface area contributed by atoms with E-state index < -0.39 is 0 Å². The summed E-state index contributed by atoms with van der Waals surface area (Å²) < 4.78 is 19.0. The molecule has 0 bridgehead atoms. The lowest BCUT2D eigenvalue weighted by Gasteiger charge is -2.10. The quantitative estimate of drug-likeness (QED) is 0.738. The minimum atomic E-state index is -0.382. The van der Waals surface area contributed by atoms with Crippen molar-refractivity contribution in [3.05, 3.63) is 65.1 Å². The highest BCUT2D eigenvalue weighted by atomic mass is 35.5. The standard InChI is InChI=1S/C16H12ClFN2O/c17-14-3-4-15(16-13(14)2-1-5-20-16)21-9-10-6-11(18)8-12(19)7-10/h1-8H,9,19H2. The summed E-state index contributed by atoms with van der Waals surface area (Å²) in [7, 11) is 0. The molecule has 0 radical (unpaired) electrons. The van der Waals surface area contributed by atoms with E-state index >= 15 is 0 Å². The third-order valence-electron chi connectivity index (χ3n) is 3.05. The van der Waals surface area contributed by atoms with E-state index in [1.807, 2.05) is 12.1 Å². The molecule has 1 aromatic heterocycles. The topological polar surface area (TPSA) is 48.1 Å². The first kappa shape index (κ1) is 13.6. The van der Waals surface area contributed by atoms with Crippen molar-refractivity contribution in [2.45, 2.75) is 6.61 Å². The van der Waals surface area contributed by atoms with Crippen LogP contribution in [0.3, 0.4) is 0 Å². The highest BCUT2D eigenvalue weighted by Crippen LogP contribution is 2.30. The lowest BCUT2D eigenvalue weighted by atomic mass is 10.2. The molecule has 0 aliphatic carbocycles. The van der Waals surface area contributed by atoms with Gasteiger partial charge in [0.2, 0.25) is 0 Å². The van der Waals surface area contributed by atoms with Crippen molar-refractivity contribution >= 4 is 28.2 Å². The number of fused-ring (bicyclic) bond motifs is 1. The van der Waals surface area contributed by atoms with Crippen molar-refractivity contribution in [3.63, 3.8) is 0 Å². The Morgan fingerprint density at radius 1 is 1.19 bits per heavy atom. The molecule has 21 heavy (non-hydrogen) atoms. The Bertz CT molecular complexity index is 787. The van der Waals surface area contributed by atoms with Gasteiger partial charge in [-0.1, -0.05) is 11.6 Å². The van der Waals surface area contributed by atoms with Gasteiger partial charge in [0.1, 0.15) is 23.7 Å². The molecular weight excluding hydrogens is 291 g/mol. The summed E-state index contributed by atoms with van der Waals surface area (Å²) in [5.74, 6) is 0.213. The van der Waals surface area contributed by atoms with Crippen LogP contribution in [0.5, 0.6) is 5.75 Å². The van der Waals surface area contributed by atoms with Crippen LogP contribution in [0.1, 0.15) is 5.56 Å². The van der Waals surface area contributed by atoms with Crippen LogP contribution < -0.4 is 10.5 Å². The maximum absolute atomic E-state index is 13.3. The molecule has 5 heteroatoms. The molecule has 0 aliphatic heterocycles. The smallest absolute Gasteiger partial charge is 0.146 e. The summed E-state index contributed by atoms with van der Waals surface area (Å²) in [5, 5.41) is 1.43. The fraction of sp³-hybridized carbons (Fsp3) is 0.0625. The van der Waals surface area contributed by atoms with Gasteiger partial charge in [0, 0.05) is 17.3 Å². The van der Waals surface area contributed by atoms with E-state index in [0.717, 1.165) is 5.39 Å². The van der Waals surface area contributed by atoms with Crippen LogP contribution in [0.2, 0.25) is 5.02 Å². The van der Waals surface area contributed by atoms with Crippen molar-refractivity contribution < 1.29 is 9.13 Å². The highest BCUT2D eigenvalue weighted by molar-refractivity contribution is 6.35. The average molecular weight is 303 g/mol. The minimum Gasteiger partial charge on any atom is -0.487 e. The Morgan fingerprint density at radius 2 is 2.05 bits per heavy atom. The number of ether oxygens (including phenoxy) is 1. The number of pyridine rings is 1. The monoisotopic (exact) mass is 302 g/mol. The largest absolute Gasteiger partial charge is 0.487 e. The fourth-order valence-electron chi connectivity index (χ4n) is 2.15. The zero-order valence-electron chi connectivity index (χ0n) is 11.0. The van der Waals surface area contributed by atoms with E-state index in [1.165, 1.54) is 12.1 Å². The number of nitrogen functional groups attached to an aromatic ring is 1. The maximum atomic E-state index is 13.3. The molecule has 2 aromatic carbocycles. The van der Waals surface area contributed by atoms with Gasteiger partial charge in [-0.15, -0.1) is 0 Å². The summed E-state index contributed by atoms with van der Waals surface area (Å²) in [4.78, 5) is 4.28. The first-order chi connectivity index (χ1) is 10.1. The SMILES string of the molecule is Nc1cc(F)cc(COc2ccc(Cl)c3cccnc23)c1. The van der Waals surface area contributed by atoms with Crippen molar-refractivity contribution in [2.24, 2.45) is 0 Å². The van der Waals surface area contributed by atoms with Gasteiger partial charge < -0.3 is 10.5 Å². The number of benzene rings is 2. The second-order valence-corrected chi connectivity index (χ2v) is 5.03. The van der Waals surface area contributed by atoms with Crippen LogP contribution in [-0.2, 0) is 6.61 Å². The lowest BCUT2D eigenvalue weighted by molar-refractivity contribution is 0.309. The summed E-state index contributed by atoms with van der Waals surface area (Å²) in [6, 6.07) is 11.5. The molecule has 106 valence electrons. The Labute approximate surface area is 126 Å². The van der Waals surface area contributed by atoms with Crippen molar-refractivity contribution in [1.29, 1.82) is 0 Å². The zero-order valence-corrected chi connectivity index (χ0v) is 11.8. The Hall–Kier alpha value is -2.33. The first-order valence-electron chi connectivity index (χ1n) is 6.34. The van der Waals surface area contributed by atoms with Crippen molar-refractivity contribution in [1.82, 2.24) is 4.98 Å². The molecular formula is C16H12ClFN2O. The van der Waals surface area contributed by atoms with Gasteiger partial charge in [-0.25, -0.2) is 4.39 Å². The molecule has 0 unspecified atom stereocenters. The molecule has 0 fully saturated rings. The molecule has 3 nitrogen and oxygen atoms in total. The van der Waals surface area contributed by atoms with Crippen LogP contribution in [-0.4, -0.2) is 4.98 Å². The average Bonchev–Trinajstić information content (AvgIpc) is 2.46. The number of anilines is 1. The minimum absolute atomic E-state index is 0.204. The van der Waals surface area contributed by atoms with Crippen LogP contribution >= 0.6 is 11.6 Å². The Balaban J connectivity index is 1.90. The number of nitrogens with two attached hydrogens (primary N) is 1. The molecule has 0 saturated carbocycles. The summed E-state index contributed by atoms with van der Waals surface area (Å²) in [6.07, 6.45) is 1.67. The molecule has 3 aromatic rings. The van der Waals surface area contributed by atoms with Crippen molar-refractivity contribution in [2.75, 3.05) is 5.73 Å².